The van der Waals surface area contributed by atoms with Gasteiger partial charge in [0.2, 0.25) is 0 Å². The Morgan fingerprint density at radius 3 is 2.50 bits per heavy atom. The Kier molecular flexibility index (Phi) is 3.23. The Morgan fingerprint density at radius 2 is 2.08 bits per heavy atom. The molecular formula is C7H5Cl2F2N. The van der Waals surface area contributed by atoms with Crippen LogP contribution in [0.5, 0.6) is 0 Å². The number of nitrogens with zero attached hydrogens (tertiary/aromatic N) is 1. The minimum Gasteiger partial charge on any atom is -0.239 e. The van der Waals surface area contributed by atoms with Crippen LogP contribution >= 0.6 is 23.2 Å². The minimum atomic E-state index is -2.59. The molecule has 0 amide bonds. The maximum atomic E-state index is 12.1. The lowest BCUT2D eigenvalue weighted by atomic mass is 10.2. The first-order valence-electron chi connectivity index (χ1n) is 3.14. The van der Waals surface area contributed by atoms with Gasteiger partial charge in [0.15, 0.2) is 0 Å². The van der Waals surface area contributed by atoms with Crippen molar-refractivity contribution in [2.24, 2.45) is 0 Å². The molecule has 0 aliphatic carbocycles. The van der Waals surface area contributed by atoms with E-state index in [1.807, 2.05) is 0 Å². The summed E-state index contributed by atoms with van der Waals surface area (Å²) in [4.78, 5) is 3.67. The second kappa shape index (κ2) is 4.01. The molecule has 1 heterocycles. The van der Waals surface area contributed by atoms with Crippen LogP contribution in [0.4, 0.5) is 8.78 Å². The average Bonchev–Trinajstić information content (AvgIpc) is 2.03. The van der Waals surface area contributed by atoms with Crippen LogP contribution in [0.25, 0.3) is 0 Å². The number of pyridine rings is 1. The Balaban J connectivity index is 3.03. The summed E-state index contributed by atoms with van der Waals surface area (Å²) < 4.78 is 24.2. The number of alkyl halides is 3. The fraction of sp³-hybridized carbons (Fsp3) is 0.286. The Morgan fingerprint density at radius 1 is 1.42 bits per heavy atom. The minimum absolute atomic E-state index is 0.170. The first-order valence-corrected chi connectivity index (χ1v) is 4.06. The summed E-state index contributed by atoms with van der Waals surface area (Å²) in [7, 11) is 0. The molecule has 1 aromatic rings. The Bertz CT molecular complexity index is 278. The predicted octanol–water partition coefficient (Wildman–Crippen LogP) is 3.41. The summed E-state index contributed by atoms with van der Waals surface area (Å²) in [6.07, 6.45) is -2.59. The molecule has 1 rings (SSSR count). The summed E-state index contributed by atoms with van der Waals surface area (Å²) in [5.74, 6) is 0.170. The van der Waals surface area contributed by atoms with E-state index in [4.69, 9.17) is 23.2 Å². The van der Waals surface area contributed by atoms with Crippen LogP contribution in [-0.4, -0.2) is 4.98 Å². The standard InChI is InChI=1S/C7H5Cl2F2N/c8-3-4-1-2-5(7(10)11)6(9)12-4/h1-2,7H,3H2. The second-order valence-electron chi connectivity index (χ2n) is 2.12. The fourth-order valence-electron chi connectivity index (χ4n) is 0.720. The van der Waals surface area contributed by atoms with Crippen LogP contribution in [0, 0.1) is 0 Å². The second-order valence-corrected chi connectivity index (χ2v) is 2.74. The molecule has 0 N–H and O–H groups in total. The normalized spacial score (nSPS) is 10.8. The predicted molar refractivity (Wildman–Crippen MR) is 43.8 cm³/mol. The van der Waals surface area contributed by atoms with Gasteiger partial charge in [0.25, 0.3) is 6.43 Å². The molecule has 0 spiro atoms. The molecule has 0 bridgehead atoms. The van der Waals surface area contributed by atoms with Crippen molar-refractivity contribution in [3.63, 3.8) is 0 Å². The first kappa shape index (κ1) is 9.68. The topological polar surface area (TPSA) is 12.9 Å². The van der Waals surface area contributed by atoms with Crippen molar-refractivity contribution in [3.8, 4) is 0 Å². The van der Waals surface area contributed by atoms with Gasteiger partial charge in [-0.2, -0.15) is 0 Å². The van der Waals surface area contributed by atoms with Gasteiger partial charge in [-0.25, -0.2) is 13.8 Å². The third-order valence-corrected chi connectivity index (χ3v) is 1.88. The molecule has 0 aromatic carbocycles. The highest BCUT2D eigenvalue weighted by Gasteiger charge is 2.12. The first-order chi connectivity index (χ1) is 5.65. The monoisotopic (exact) mass is 211 g/mol. The van der Waals surface area contributed by atoms with Gasteiger partial charge in [-0.15, -0.1) is 11.6 Å². The van der Waals surface area contributed by atoms with E-state index in [2.05, 4.69) is 4.98 Å². The maximum Gasteiger partial charge on any atom is 0.266 e. The van der Waals surface area contributed by atoms with Crippen LogP contribution in [0.1, 0.15) is 17.7 Å². The zero-order valence-corrected chi connectivity index (χ0v) is 7.41. The van der Waals surface area contributed by atoms with Crippen LogP contribution in [0.15, 0.2) is 12.1 Å². The SMILES string of the molecule is FC(F)c1ccc(CCl)nc1Cl. The molecule has 0 atom stereocenters. The highest BCUT2D eigenvalue weighted by molar-refractivity contribution is 6.30. The van der Waals surface area contributed by atoms with E-state index >= 15 is 0 Å². The van der Waals surface area contributed by atoms with E-state index in [9.17, 15) is 8.78 Å². The largest absolute Gasteiger partial charge is 0.266 e. The molecule has 0 saturated heterocycles. The van der Waals surface area contributed by atoms with E-state index < -0.39 is 6.43 Å². The maximum absolute atomic E-state index is 12.1. The molecule has 1 nitrogen and oxygen atoms in total. The Hall–Kier alpha value is -0.410. The zero-order chi connectivity index (χ0) is 9.14. The van der Waals surface area contributed by atoms with Crippen molar-refractivity contribution in [3.05, 3.63) is 28.5 Å². The summed E-state index contributed by atoms with van der Waals surface area (Å²) in [6.45, 7) is 0. The van der Waals surface area contributed by atoms with Gasteiger partial charge in [0, 0.05) is 0 Å². The fourth-order valence-corrected chi connectivity index (χ4v) is 1.12. The third-order valence-electron chi connectivity index (χ3n) is 1.31. The van der Waals surface area contributed by atoms with Gasteiger partial charge in [-0.1, -0.05) is 11.6 Å². The Labute approximate surface area is 78.3 Å². The van der Waals surface area contributed by atoms with Gasteiger partial charge < -0.3 is 0 Å². The lowest BCUT2D eigenvalue weighted by molar-refractivity contribution is 0.151. The van der Waals surface area contributed by atoms with Gasteiger partial charge in [0.1, 0.15) is 5.15 Å². The molecule has 66 valence electrons. The van der Waals surface area contributed by atoms with E-state index in [1.165, 1.54) is 12.1 Å². The van der Waals surface area contributed by atoms with E-state index in [-0.39, 0.29) is 16.6 Å². The van der Waals surface area contributed by atoms with Crippen LogP contribution in [0.3, 0.4) is 0 Å². The van der Waals surface area contributed by atoms with E-state index in [1.54, 1.807) is 0 Å². The molecule has 12 heavy (non-hydrogen) atoms. The summed E-state index contributed by atoms with van der Waals surface area (Å²) in [5.41, 5.74) is 0.233. The molecule has 0 radical (unpaired) electrons. The van der Waals surface area contributed by atoms with Crippen molar-refractivity contribution in [2.45, 2.75) is 12.3 Å². The number of hydrogen-bond acceptors (Lipinski definition) is 1. The van der Waals surface area contributed by atoms with Gasteiger partial charge >= 0.3 is 0 Å². The summed E-state index contributed by atoms with van der Waals surface area (Å²) in [6, 6.07) is 2.66. The lowest BCUT2D eigenvalue weighted by Gasteiger charge is -2.02. The van der Waals surface area contributed by atoms with Crippen LogP contribution < -0.4 is 0 Å². The molecule has 0 unspecified atom stereocenters. The lowest BCUT2D eigenvalue weighted by Crippen LogP contribution is -1.92. The summed E-state index contributed by atoms with van der Waals surface area (Å²) >= 11 is 10.9. The molecule has 0 aliphatic heterocycles. The van der Waals surface area contributed by atoms with Crippen molar-refractivity contribution < 1.29 is 8.78 Å². The highest BCUT2D eigenvalue weighted by atomic mass is 35.5. The van der Waals surface area contributed by atoms with Crippen molar-refractivity contribution in [1.82, 2.24) is 4.98 Å². The van der Waals surface area contributed by atoms with Gasteiger partial charge in [0.05, 0.1) is 17.1 Å². The highest BCUT2D eigenvalue weighted by Crippen LogP contribution is 2.25. The summed E-state index contributed by atoms with van der Waals surface area (Å²) in [5, 5.41) is -0.178. The molecular weight excluding hydrogens is 207 g/mol. The van der Waals surface area contributed by atoms with Crippen molar-refractivity contribution in [2.75, 3.05) is 0 Å². The smallest absolute Gasteiger partial charge is 0.239 e. The van der Waals surface area contributed by atoms with Crippen molar-refractivity contribution in [1.29, 1.82) is 0 Å². The third kappa shape index (κ3) is 2.05. The molecule has 0 saturated carbocycles. The van der Waals surface area contributed by atoms with Crippen LogP contribution in [-0.2, 0) is 5.88 Å². The number of halogens is 4. The molecule has 5 heteroatoms. The van der Waals surface area contributed by atoms with Gasteiger partial charge in [-0.3, -0.25) is 0 Å². The zero-order valence-electron chi connectivity index (χ0n) is 5.90. The average molecular weight is 212 g/mol. The van der Waals surface area contributed by atoms with Crippen LogP contribution in [0.2, 0.25) is 5.15 Å². The van der Waals surface area contributed by atoms with Gasteiger partial charge in [-0.05, 0) is 12.1 Å². The van der Waals surface area contributed by atoms with E-state index in [0.29, 0.717) is 5.69 Å². The van der Waals surface area contributed by atoms with Crippen molar-refractivity contribution >= 4 is 23.2 Å². The molecule has 0 aliphatic rings. The quantitative estimate of drug-likeness (QED) is 0.540. The van der Waals surface area contributed by atoms with E-state index in [0.717, 1.165) is 0 Å². The number of hydrogen-bond donors (Lipinski definition) is 0. The number of rotatable bonds is 2. The molecule has 1 aromatic heterocycles. The molecule has 0 fully saturated rings. The number of aromatic nitrogens is 1.